The lowest BCUT2D eigenvalue weighted by molar-refractivity contribution is -0.218. The number of carbonyl (C=O) groups is 3. The molecule has 2 amide bonds. The second-order valence-corrected chi connectivity index (χ2v) is 12.1. The molecule has 1 aromatic heterocycles. The van der Waals surface area contributed by atoms with Crippen LogP contribution in [-0.4, -0.2) is 102 Å². The lowest BCUT2D eigenvalue weighted by Crippen LogP contribution is -2.76. The maximum atomic E-state index is 13.2. The maximum absolute atomic E-state index is 13.2. The van der Waals surface area contributed by atoms with Gasteiger partial charge in [0.25, 0.3) is 17.9 Å². The molecule has 9 N–H and O–H groups in total. The van der Waals surface area contributed by atoms with Gasteiger partial charge in [0.15, 0.2) is 16.8 Å². The van der Waals surface area contributed by atoms with E-state index >= 15 is 0 Å². The molecule has 244 valence electrons. The van der Waals surface area contributed by atoms with Crippen LogP contribution in [0.1, 0.15) is 31.1 Å². The lowest BCUT2D eigenvalue weighted by atomic mass is 9.84. The van der Waals surface area contributed by atoms with E-state index in [0.29, 0.717) is 29.9 Å². The van der Waals surface area contributed by atoms with E-state index in [-0.39, 0.29) is 16.9 Å². The van der Waals surface area contributed by atoms with Crippen LogP contribution >= 0.6 is 11.3 Å². The molecule has 0 radical (unpaired) electrons. The Balaban J connectivity index is 1.40. The van der Waals surface area contributed by atoms with Crippen LogP contribution in [-0.2, 0) is 33.9 Å². The number of anilines is 1. The zero-order chi connectivity index (χ0) is 32.9. The number of carboxylic acids is 1. The average molecular weight is 670 g/mol. The van der Waals surface area contributed by atoms with Crippen molar-refractivity contribution in [1.29, 1.82) is 0 Å². The molecule has 2 aliphatic heterocycles. The molecule has 3 atom stereocenters. The van der Waals surface area contributed by atoms with Crippen molar-refractivity contribution in [2.75, 3.05) is 32.0 Å². The number of carbonyl (C=O) groups excluding carboxylic acids is 2. The van der Waals surface area contributed by atoms with Gasteiger partial charge in [0.1, 0.15) is 24.1 Å². The molecule has 0 saturated carbocycles. The first kappa shape index (κ1) is 33.3. The molecule has 1 saturated heterocycles. The van der Waals surface area contributed by atoms with Crippen LogP contribution in [0.5, 0.6) is 5.75 Å². The Labute approximate surface area is 260 Å². The van der Waals surface area contributed by atoms with Gasteiger partial charge in [-0.2, -0.15) is 13.5 Å². The summed E-state index contributed by atoms with van der Waals surface area (Å²) in [6.07, 6.45) is -1.69. The van der Waals surface area contributed by atoms with Gasteiger partial charge < -0.3 is 42.1 Å². The van der Waals surface area contributed by atoms with E-state index in [2.05, 4.69) is 35.4 Å². The Morgan fingerprint density at radius 2 is 2.02 bits per heavy atom. The zero-order valence-electron chi connectivity index (χ0n) is 23.9. The van der Waals surface area contributed by atoms with Gasteiger partial charge >= 0.3 is 16.4 Å². The van der Waals surface area contributed by atoms with Crippen LogP contribution in [0.3, 0.4) is 0 Å². The molecule has 2 unspecified atom stereocenters. The van der Waals surface area contributed by atoms with Crippen molar-refractivity contribution in [2.24, 2.45) is 15.9 Å². The van der Waals surface area contributed by atoms with E-state index in [1.165, 1.54) is 19.2 Å². The fraction of sp³-hybridized carbons (Fsp3) is 0.417. The topological polar surface area (TPSA) is 282 Å². The molecule has 45 heavy (non-hydrogen) atoms. The number of nitrogens with zero attached hydrogens (tertiary/aromatic N) is 4. The highest BCUT2D eigenvalue weighted by Gasteiger charge is 2.58. The number of amides is 2. The number of nitrogens with one attached hydrogen (secondary N) is 3. The molecule has 3 heterocycles. The second-order valence-electron chi connectivity index (χ2n) is 10.2. The minimum absolute atomic E-state index is 0.0549. The summed E-state index contributed by atoms with van der Waals surface area (Å²) < 4.78 is 40.9. The molecule has 0 bridgehead atoms. The van der Waals surface area contributed by atoms with Gasteiger partial charge in [0, 0.05) is 24.5 Å². The number of aliphatic imine (C=N–C) groups is 1. The number of nitrogens with two attached hydrogens (primary N) is 2. The fourth-order valence-corrected chi connectivity index (χ4v) is 5.11. The van der Waals surface area contributed by atoms with Crippen LogP contribution in [0.4, 0.5) is 5.13 Å². The Morgan fingerprint density at radius 1 is 1.31 bits per heavy atom. The minimum Gasteiger partial charge on any atom is -0.489 e. The van der Waals surface area contributed by atoms with Gasteiger partial charge in [-0.1, -0.05) is 17.3 Å². The van der Waals surface area contributed by atoms with Gasteiger partial charge in [0.05, 0.1) is 12.1 Å². The minimum atomic E-state index is -5.02. The Bertz CT molecular complexity index is 1590. The van der Waals surface area contributed by atoms with Crippen LogP contribution < -0.4 is 32.2 Å². The summed E-state index contributed by atoms with van der Waals surface area (Å²) in [4.78, 5) is 50.9. The molecule has 0 aliphatic carbocycles. The highest BCUT2D eigenvalue weighted by molar-refractivity contribution is 7.80. The highest BCUT2D eigenvalue weighted by atomic mass is 32.3. The molecule has 1 aromatic carbocycles. The third kappa shape index (κ3) is 8.33. The molecule has 4 rings (SSSR count). The van der Waals surface area contributed by atoms with Gasteiger partial charge in [-0.15, -0.1) is 15.6 Å². The normalized spacial score (nSPS) is 19.1. The summed E-state index contributed by atoms with van der Waals surface area (Å²) in [7, 11) is -5.02. The first-order chi connectivity index (χ1) is 21.2. The van der Waals surface area contributed by atoms with Gasteiger partial charge in [-0.05, 0) is 31.5 Å². The van der Waals surface area contributed by atoms with E-state index in [0.717, 1.165) is 23.4 Å². The number of hydrogen-bond acceptors (Lipinski definition) is 16. The molecule has 0 spiro atoms. The Hall–Kier alpha value is -4.57. The summed E-state index contributed by atoms with van der Waals surface area (Å²) in [5.74, 6) is -2.49. The van der Waals surface area contributed by atoms with Crippen LogP contribution in [0.2, 0.25) is 0 Å². The summed E-state index contributed by atoms with van der Waals surface area (Å²) in [5, 5.41) is 23.7. The number of thiazole rings is 1. The Kier molecular flexibility index (Phi) is 10.1. The van der Waals surface area contributed by atoms with E-state index < -0.39 is 58.2 Å². The van der Waals surface area contributed by atoms with Gasteiger partial charge in [0.2, 0.25) is 0 Å². The number of nitrogen functional groups attached to an aromatic ring is 1. The van der Waals surface area contributed by atoms with Crippen LogP contribution in [0, 0.1) is 0 Å². The summed E-state index contributed by atoms with van der Waals surface area (Å²) in [6, 6.07) is 4.98. The summed E-state index contributed by atoms with van der Waals surface area (Å²) in [5.41, 5.74) is 10.6. The number of carboxylic acid groups (broad SMARTS) is 1. The SMILES string of the molecule is CC1(C)C(NC(=O)C(=NO[C@@H](COc2ccc(C(N)CNC3=NCCN3)cc2)C(=O)O)c2csc(N)n2)C(=O)N1OS(=O)(=O)O. The third-order valence-corrected chi connectivity index (χ3v) is 7.53. The fourth-order valence-electron chi connectivity index (χ4n) is 4.11. The maximum Gasteiger partial charge on any atom is 0.418 e. The van der Waals surface area contributed by atoms with Crippen LogP contribution in [0.25, 0.3) is 0 Å². The highest BCUT2D eigenvalue weighted by Crippen LogP contribution is 2.33. The number of guanidine groups is 1. The van der Waals surface area contributed by atoms with Crippen molar-refractivity contribution < 1.29 is 46.3 Å². The molecule has 1 fully saturated rings. The molecule has 2 aliphatic rings. The Morgan fingerprint density at radius 3 is 2.58 bits per heavy atom. The van der Waals surface area contributed by atoms with E-state index in [9.17, 15) is 27.9 Å². The van der Waals surface area contributed by atoms with Crippen molar-refractivity contribution in [3.05, 3.63) is 40.9 Å². The quantitative estimate of drug-likeness (QED) is 0.0514. The number of hydrogen-bond donors (Lipinski definition) is 7. The predicted molar refractivity (Wildman–Crippen MR) is 158 cm³/mol. The van der Waals surface area contributed by atoms with Gasteiger partial charge in [-0.25, -0.2) is 9.78 Å². The lowest BCUT2D eigenvalue weighted by Gasteiger charge is -2.50. The van der Waals surface area contributed by atoms with Crippen molar-refractivity contribution in [3.8, 4) is 5.75 Å². The average Bonchev–Trinajstić information content (AvgIpc) is 3.66. The number of aliphatic carboxylic acids is 1. The summed E-state index contributed by atoms with van der Waals surface area (Å²) in [6.45, 7) is 4.10. The predicted octanol–water partition coefficient (Wildman–Crippen LogP) is -1.63. The number of hydroxylamine groups is 2. The van der Waals surface area contributed by atoms with Crippen molar-refractivity contribution in [2.45, 2.75) is 37.6 Å². The largest absolute Gasteiger partial charge is 0.489 e. The standard InChI is InChI=1S/C24H31N9O10S2/c1-24(2)18(20(35)33(24)43-45(38,39)40)31-19(34)17(15-11-44-22(26)30-15)32-42-16(21(36)37)10-41-13-5-3-12(4-6-13)14(25)9-29-23-27-7-8-28-23/h3-6,11,14,16,18H,7-10,25H2,1-2H3,(H2,26,30)(H,31,34)(H,36,37)(H2,27,28,29)(H,38,39,40)/t14?,16-,18?/m0/s1. The monoisotopic (exact) mass is 669 g/mol. The number of oxime groups is 1. The first-order valence-electron chi connectivity index (χ1n) is 13.2. The number of benzene rings is 1. The molecular formula is C24H31N9O10S2. The molecule has 2 aromatic rings. The zero-order valence-corrected chi connectivity index (χ0v) is 25.5. The third-order valence-electron chi connectivity index (χ3n) is 6.52. The number of ether oxygens (including phenoxy) is 1. The number of β-lactam (4-membered cyclic amide) rings is 1. The van der Waals surface area contributed by atoms with Crippen molar-refractivity contribution >= 4 is 56.3 Å². The number of rotatable bonds is 14. The van der Waals surface area contributed by atoms with Crippen LogP contribution in [0.15, 0.2) is 39.8 Å². The molecular weight excluding hydrogens is 638 g/mol. The van der Waals surface area contributed by atoms with E-state index in [1.54, 1.807) is 24.3 Å². The molecule has 21 heteroatoms. The molecule has 19 nitrogen and oxygen atoms in total. The van der Waals surface area contributed by atoms with E-state index in [1.807, 2.05) is 0 Å². The van der Waals surface area contributed by atoms with Gasteiger partial charge in [-0.3, -0.25) is 19.1 Å². The van der Waals surface area contributed by atoms with E-state index in [4.69, 9.17) is 25.6 Å². The van der Waals surface area contributed by atoms with Crippen molar-refractivity contribution in [3.63, 3.8) is 0 Å². The summed E-state index contributed by atoms with van der Waals surface area (Å²) >= 11 is 0.954. The smallest absolute Gasteiger partial charge is 0.418 e. The first-order valence-corrected chi connectivity index (χ1v) is 15.4. The second kappa shape index (κ2) is 13.6. The number of aromatic nitrogens is 1. The van der Waals surface area contributed by atoms with Crippen molar-refractivity contribution in [1.82, 2.24) is 26.0 Å².